The van der Waals surface area contributed by atoms with Crippen LogP contribution in [-0.2, 0) is 6.54 Å². The molecule has 0 aliphatic carbocycles. The van der Waals surface area contributed by atoms with Gasteiger partial charge in [0, 0.05) is 49.5 Å². The van der Waals surface area contributed by atoms with Crippen LogP contribution in [0.5, 0.6) is 0 Å². The minimum absolute atomic E-state index is 0.0461. The van der Waals surface area contributed by atoms with Crippen LogP contribution in [0.4, 0.5) is 5.82 Å². The highest BCUT2D eigenvalue weighted by molar-refractivity contribution is 5.98. The van der Waals surface area contributed by atoms with Gasteiger partial charge in [-0.05, 0) is 38.0 Å². The molecule has 0 amide bonds. The van der Waals surface area contributed by atoms with E-state index in [1.165, 1.54) is 0 Å². The van der Waals surface area contributed by atoms with Gasteiger partial charge in [0.05, 0.1) is 34.4 Å². The predicted octanol–water partition coefficient (Wildman–Crippen LogP) is 3.18. The Labute approximate surface area is 187 Å². The Morgan fingerprint density at radius 2 is 2.16 bits per heavy atom. The third kappa shape index (κ3) is 3.34. The first kappa shape index (κ1) is 20.9. The highest BCUT2D eigenvalue weighted by Crippen LogP contribution is 2.34. The van der Waals surface area contributed by atoms with Gasteiger partial charge in [-0.1, -0.05) is 13.8 Å². The fraction of sp³-hybridized carbons (Fsp3) is 0.458. The van der Waals surface area contributed by atoms with Gasteiger partial charge in [-0.3, -0.25) is 4.68 Å². The lowest BCUT2D eigenvalue weighted by atomic mass is 9.84. The number of hydrogen-bond donors (Lipinski definition) is 3. The van der Waals surface area contributed by atoms with E-state index in [0.717, 1.165) is 58.6 Å². The molecule has 1 aliphatic heterocycles. The summed E-state index contributed by atoms with van der Waals surface area (Å²) in [5.41, 5.74) is 3.03. The summed E-state index contributed by atoms with van der Waals surface area (Å²) in [6.07, 6.45) is 5.68. The molecular formula is C24H31N7O. The van der Waals surface area contributed by atoms with Crippen LogP contribution in [-0.4, -0.2) is 61.1 Å². The number of nitrogens with zero attached hydrogens (tertiary/aromatic N) is 5. The van der Waals surface area contributed by atoms with Crippen molar-refractivity contribution < 1.29 is 5.11 Å². The summed E-state index contributed by atoms with van der Waals surface area (Å²) >= 11 is 0. The molecule has 0 spiro atoms. The van der Waals surface area contributed by atoms with Crippen molar-refractivity contribution in [1.82, 2.24) is 30.0 Å². The van der Waals surface area contributed by atoms with Gasteiger partial charge >= 0.3 is 0 Å². The molecule has 0 unspecified atom stereocenters. The van der Waals surface area contributed by atoms with Crippen molar-refractivity contribution in [3.63, 3.8) is 0 Å². The Balaban J connectivity index is 1.63. The summed E-state index contributed by atoms with van der Waals surface area (Å²) < 4.78 is 2.01. The van der Waals surface area contributed by atoms with Crippen LogP contribution in [0, 0.1) is 5.92 Å². The van der Waals surface area contributed by atoms with Gasteiger partial charge in [0.25, 0.3) is 0 Å². The van der Waals surface area contributed by atoms with Crippen molar-refractivity contribution in [2.75, 3.05) is 24.5 Å². The van der Waals surface area contributed by atoms with Crippen LogP contribution < -0.4 is 10.2 Å². The summed E-state index contributed by atoms with van der Waals surface area (Å²) in [6.45, 7) is 11.2. The summed E-state index contributed by atoms with van der Waals surface area (Å²) in [5.74, 6) is 1.06. The largest absolute Gasteiger partial charge is 0.388 e. The second-order valence-corrected chi connectivity index (χ2v) is 9.16. The Kier molecular flexibility index (Phi) is 5.14. The zero-order valence-electron chi connectivity index (χ0n) is 19.1. The second-order valence-electron chi connectivity index (χ2n) is 9.16. The van der Waals surface area contributed by atoms with Crippen molar-refractivity contribution in [2.24, 2.45) is 5.92 Å². The fourth-order valence-corrected chi connectivity index (χ4v) is 4.59. The SMILES string of the molecule is CCn1ncc2c(N3CCN[C@H]([C@](C)(O)C(C)C)C3)nc(-c3c[nH]c4ncccc34)cc21. The van der Waals surface area contributed by atoms with E-state index in [2.05, 4.69) is 58.2 Å². The summed E-state index contributed by atoms with van der Waals surface area (Å²) in [7, 11) is 0. The highest BCUT2D eigenvalue weighted by atomic mass is 16.3. The molecule has 1 saturated heterocycles. The zero-order chi connectivity index (χ0) is 22.5. The topological polar surface area (TPSA) is 94.9 Å². The van der Waals surface area contributed by atoms with Crippen molar-refractivity contribution in [2.45, 2.75) is 45.9 Å². The van der Waals surface area contributed by atoms with Crippen molar-refractivity contribution in [3.8, 4) is 11.3 Å². The number of aromatic amines is 1. The summed E-state index contributed by atoms with van der Waals surface area (Å²) in [5, 5.41) is 21.3. The van der Waals surface area contributed by atoms with Gasteiger partial charge in [0.1, 0.15) is 11.5 Å². The van der Waals surface area contributed by atoms with Crippen LogP contribution >= 0.6 is 0 Å². The summed E-state index contributed by atoms with van der Waals surface area (Å²) in [6, 6.07) is 6.09. The Morgan fingerprint density at radius 1 is 1.31 bits per heavy atom. The first-order valence-electron chi connectivity index (χ1n) is 11.4. The number of aliphatic hydroxyl groups is 1. The average Bonchev–Trinajstić information content (AvgIpc) is 3.42. The lowest BCUT2D eigenvalue weighted by molar-refractivity contribution is -0.0231. The first-order valence-corrected chi connectivity index (χ1v) is 11.4. The maximum atomic E-state index is 11.1. The molecular weight excluding hydrogens is 402 g/mol. The molecule has 3 N–H and O–H groups in total. The molecule has 0 radical (unpaired) electrons. The van der Waals surface area contributed by atoms with Crippen LogP contribution in [0.25, 0.3) is 33.2 Å². The predicted molar refractivity (Wildman–Crippen MR) is 128 cm³/mol. The molecule has 2 atom stereocenters. The lowest BCUT2D eigenvalue weighted by Crippen LogP contribution is -2.62. The fourth-order valence-electron chi connectivity index (χ4n) is 4.59. The van der Waals surface area contributed by atoms with E-state index in [1.807, 2.05) is 30.1 Å². The Morgan fingerprint density at radius 3 is 2.94 bits per heavy atom. The molecule has 32 heavy (non-hydrogen) atoms. The lowest BCUT2D eigenvalue weighted by Gasteiger charge is -2.43. The monoisotopic (exact) mass is 433 g/mol. The van der Waals surface area contributed by atoms with E-state index in [4.69, 9.17) is 4.98 Å². The maximum absolute atomic E-state index is 11.1. The number of piperazine rings is 1. The average molecular weight is 434 g/mol. The number of rotatable bonds is 5. The van der Waals surface area contributed by atoms with Crippen LogP contribution in [0.1, 0.15) is 27.7 Å². The minimum Gasteiger partial charge on any atom is -0.388 e. The summed E-state index contributed by atoms with van der Waals surface area (Å²) in [4.78, 5) is 15.1. The number of hydrogen-bond acceptors (Lipinski definition) is 6. The first-order chi connectivity index (χ1) is 15.4. The van der Waals surface area contributed by atoms with E-state index in [-0.39, 0.29) is 12.0 Å². The standard InChI is InChI=1S/C24H31N7O/c1-5-31-20-11-19(17-12-27-22-16(17)7-6-8-26-22)29-23(18(20)13-28-31)30-10-9-25-21(14-30)24(4,32)15(2)3/h6-8,11-13,15,21,25,32H,5,9-10,14H2,1-4H3,(H,26,27)/t21-,24+/m0/s1. The molecule has 1 aliphatic rings. The quantitative estimate of drug-likeness (QED) is 0.448. The Bertz CT molecular complexity index is 1260. The number of fused-ring (bicyclic) bond motifs is 2. The second kappa shape index (κ2) is 7.86. The van der Waals surface area contributed by atoms with E-state index >= 15 is 0 Å². The van der Waals surface area contributed by atoms with Gasteiger partial charge in [-0.25, -0.2) is 9.97 Å². The number of aromatic nitrogens is 5. The molecule has 8 nitrogen and oxygen atoms in total. The number of H-pyrrole nitrogens is 1. The molecule has 0 bridgehead atoms. The molecule has 5 heterocycles. The number of anilines is 1. The van der Waals surface area contributed by atoms with Gasteiger partial charge < -0.3 is 20.3 Å². The van der Waals surface area contributed by atoms with Gasteiger partial charge in [-0.2, -0.15) is 5.10 Å². The van der Waals surface area contributed by atoms with E-state index in [1.54, 1.807) is 6.20 Å². The van der Waals surface area contributed by atoms with Gasteiger partial charge in [0.2, 0.25) is 0 Å². The molecule has 1 fully saturated rings. The molecule has 4 aromatic heterocycles. The molecule has 168 valence electrons. The van der Waals surface area contributed by atoms with E-state index in [0.29, 0.717) is 6.54 Å². The molecule has 5 rings (SSSR count). The van der Waals surface area contributed by atoms with Crippen LogP contribution in [0.3, 0.4) is 0 Å². The highest BCUT2D eigenvalue weighted by Gasteiger charge is 2.38. The van der Waals surface area contributed by atoms with Crippen molar-refractivity contribution in [3.05, 3.63) is 36.8 Å². The van der Waals surface area contributed by atoms with Gasteiger partial charge in [0.15, 0.2) is 0 Å². The van der Waals surface area contributed by atoms with Crippen molar-refractivity contribution in [1.29, 1.82) is 0 Å². The minimum atomic E-state index is -0.814. The van der Waals surface area contributed by atoms with Crippen molar-refractivity contribution >= 4 is 27.8 Å². The molecule has 8 heteroatoms. The van der Waals surface area contributed by atoms with E-state index < -0.39 is 5.60 Å². The number of nitrogens with one attached hydrogen (secondary N) is 2. The third-order valence-corrected chi connectivity index (χ3v) is 7.00. The number of aryl methyl sites for hydroxylation is 1. The zero-order valence-corrected chi connectivity index (χ0v) is 19.1. The van der Waals surface area contributed by atoms with Crippen LogP contribution in [0.2, 0.25) is 0 Å². The molecule has 0 aromatic carbocycles. The maximum Gasteiger partial charge on any atom is 0.140 e. The Hall–Kier alpha value is -2.97. The molecule has 4 aromatic rings. The van der Waals surface area contributed by atoms with E-state index in [9.17, 15) is 5.11 Å². The van der Waals surface area contributed by atoms with Crippen LogP contribution in [0.15, 0.2) is 36.8 Å². The number of pyridine rings is 2. The van der Waals surface area contributed by atoms with Gasteiger partial charge in [-0.15, -0.1) is 0 Å². The normalized spacial score (nSPS) is 19.2. The smallest absolute Gasteiger partial charge is 0.140 e. The molecule has 0 saturated carbocycles. The third-order valence-electron chi connectivity index (χ3n) is 7.00.